The van der Waals surface area contributed by atoms with Gasteiger partial charge in [0.05, 0.1) is 6.20 Å². The van der Waals surface area contributed by atoms with E-state index < -0.39 is 0 Å². The van der Waals surface area contributed by atoms with E-state index in [1.54, 1.807) is 0 Å². The largest absolute Gasteiger partial charge is 0.488 e. The summed E-state index contributed by atoms with van der Waals surface area (Å²) in [5.74, 6) is 1.67. The molecule has 1 heterocycles. The van der Waals surface area contributed by atoms with Crippen LogP contribution in [0.5, 0.6) is 5.75 Å². The first-order valence-electron chi connectivity index (χ1n) is 8.03. The second-order valence-corrected chi connectivity index (χ2v) is 6.13. The van der Waals surface area contributed by atoms with E-state index in [-0.39, 0.29) is 0 Å². The van der Waals surface area contributed by atoms with E-state index >= 15 is 0 Å². The Kier molecular flexibility index (Phi) is 5.84. The van der Waals surface area contributed by atoms with Crippen molar-refractivity contribution in [3.05, 3.63) is 24.0 Å². The van der Waals surface area contributed by atoms with Crippen molar-refractivity contribution in [1.82, 2.24) is 10.3 Å². The highest BCUT2D eigenvalue weighted by Gasteiger charge is 2.25. The first-order valence-corrected chi connectivity index (χ1v) is 8.03. The second-order valence-electron chi connectivity index (χ2n) is 6.13. The first-order chi connectivity index (χ1) is 9.70. The SMILES string of the molecule is CCC1CCCCC1Oc1cnccc1CNC(C)C. The number of nitrogens with zero attached hydrogens (tertiary/aromatic N) is 1. The molecule has 0 amide bonds. The highest BCUT2D eigenvalue weighted by atomic mass is 16.5. The maximum atomic E-state index is 6.32. The molecule has 0 aromatic carbocycles. The molecule has 3 heteroatoms. The van der Waals surface area contributed by atoms with Gasteiger partial charge in [0.25, 0.3) is 0 Å². The Morgan fingerprint density at radius 2 is 2.15 bits per heavy atom. The maximum Gasteiger partial charge on any atom is 0.142 e. The Morgan fingerprint density at radius 3 is 2.90 bits per heavy atom. The second kappa shape index (κ2) is 7.63. The number of pyridine rings is 1. The molecule has 0 spiro atoms. The Hall–Kier alpha value is -1.09. The molecule has 1 aromatic heterocycles. The van der Waals surface area contributed by atoms with Crippen LogP contribution in [0.3, 0.4) is 0 Å². The molecule has 112 valence electrons. The molecular formula is C17H28N2O. The van der Waals surface area contributed by atoms with Crippen LogP contribution in [0.1, 0.15) is 58.4 Å². The summed E-state index contributed by atoms with van der Waals surface area (Å²) >= 11 is 0. The minimum atomic E-state index is 0.371. The quantitative estimate of drug-likeness (QED) is 0.855. The van der Waals surface area contributed by atoms with Crippen molar-refractivity contribution in [1.29, 1.82) is 0 Å². The van der Waals surface area contributed by atoms with Crippen molar-refractivity contribution in [3.63, 3.8) is 0 Å². The van der Waals surface area contributed by atoms with Crippen LogP contribution in [0.4, 0.5) is 0 Å². The Bertz CT molecular complexity index is 406. The highest BCUT2D eigenvalue weighted by Crippen LogP contribution is 2.31. The van der Waals surface area contributed by atoms with Crippen molar-refractivity contribution < 1.29 is 4.74 Å². The van der Waals surface area contributed by atoms with Crippen molar-refractivity contribution in [3.8, 4) is 5.75 Å². The van der Waals surface area contributed by atoms with Crippen molar-refractivity contribution in [2.24, 2.45) is 5.92 Å². The third kappa shape index (κ3) is 4.20. The average Bonchev–Trinajstić information content (AvgIpc) is 2.47. The van der Waals surface area contributed by atoms with Gasteiger partial charge in [-0.15, -0.1) is 0 Å². The van der Waals surface area contributed by atoms with Gasteiger partial charge >= 0.3 is 0 Å². The van der Waals surface area contributed by atoms with Gasteiger partial charge in [0, 0.05) is 24.3 Å². The Balaban J connectivity index is 2.03. The lowest BCUT2D eigenvalue weighted by Crippen LogP contribution is -2.30. The van der Waals surface area contributed by atoms with Crippen LogP contribution in [-0.4, -0.2) is 17.1 Å². The van der Waals surface area contributed by atoms with E-state index in [1.807, 2.05) is 12.4 Å². The average molecular weight is 276 g/mol. The number of hydrogen-bond acceptors (Lipinski definition) is 3. The Labute approximate surface area is 123 Å². The number of ether oxygens (including phenoxy) is 1. The molecule has 2 atom stereocenters. The molecule has 1 N–H and O–H groups in total. The van der Waals surface area contributed by atoms with Crippen LogP contribution in [0, 0.1) is 5.92 Å². The molecule has 3 nitrogen and oxygen atoms in total. The third-order valence-electron chi connectivity index (χ3n) is 4.21. The molecule has 1 aliphatic rings. The summed E-state index contributed by atoms with van der Waals surface area (Å²) in [5, 5.41) is 3.46. The smallest absolute Gasteiger partial charge is 0.142 e. The molecule has 20 heavy (non-hydrogen) atoms. The van der Waals surface area contributed by atoms with Crippen LogP contribution in [0.15, 0.2) is 18.5 Å². The molecule has 1 fully saturated rings. The zero-order valence-electron chi connectivity index (χ0n) is 13.1. The monoisotopic (exact) mass is 276 g/mol. The molecule has 2 rings (SSSR count). The summed E-state index contributed by atoms with van der Waals surface area (Å²) < 4.78 is 6.32. The fraction of sp³-hybridized carbons (Fsp3) is 0.706. The van der Waals surface area contributed by atoms with Gasteiger partial charge in [-0.2, -0.15) is 0 Å². The van der Waals surface area contributed by atoms with Crippen molar-refractivity contribution in [2.45, 2.75) is 71.6 Å². The molecule has 0 saturated heterocycles. The van der Waals surface area contributed by atoms with E-state index in [0.717, 1.165) is 12.3 Å². The lowest BCUT2D eigenvalue weighted by Gasteiger charge is -2.31. The third-order valence-corrected chi connectivity index (χ3v) is 4.21. The minimum absolute atomic E-state index is 0.371. The van der Waals surface area contributed by atoms with Crippen LogP contribution in [0.25, 0.3) is 0 Å². The zero-order valence-corrected chi connectivity index (χ0v) is 13.1. The molecule has 0 radical (unpaired) electrons. The standard InChI is InChI=1S/C17H28N2O/c1-4-14-7-5-6-8-16(14)20-17-12-18-10-9-15(17)11-19-13(2)3/h9-10,12-14,16,19H,4-8,11H2,1-3H3. The van der Waals surface area contributed by atoms with Gasteiger partial charge < -0.3 is 10.1 Å². The van der Waals surface area contributed by atoms with Gasteiger partial charge in [0.15, 0.2) is 0 Å². The Morgan fingerprint density at radius 1 is 1.35 bits per heavy atom. The molecule has 0 bridgehead atoms. The number of hydrogen-bond donors (Lipinski definition) is 1. The molecule has 1 aromatic rings. The first kappa shape index (κ1) is 15.3. The van der Waals surface area contributed by atoms with Gasteiger partial charge in [-0.25, -0.2) is 0 Å². The van der Waals surface area contributed by atoms with E-state index in [9.17, 15) is 0 Å². The summed E-state index contributed by atoms with van der Waals surface area (Å²) in [6.45, 7) is 7.45. The van der Waals surface area contributed by atoms with E-state index in [4.69, 9.17) is 4.74 Å². The lowest BCUT2D eigenvalue weighted by molar-refractivity contribution is 0.0888. The predicted octanol–water partition coefficient (Wildman–Crippen LogP) is 3.93. The molecule has 1 saturated carbocycles. The van der Waals surface area contributed by atoms with Crippen molar-refractivity contribution >= 4 is 0 Å². The summed E-state index contributed by atoms with van der Waals surface area (Å²) in [6, 6.07) is 2.54. The topological polar surface area (TPSA) is 34.1 Å². The van der Waals surface area contributed by atoms with Gasteiger partial charge in [-0.1, -0.05) is 27.2 Å². The summed E-state index contributed by atoms with van der Waals surface area (Å²) in [7, 11) is 0. The molecular weight excluding hydrogens is 248 g/mol. The van der Waals surface area contributed by atoms with Crippen LogP contribution >= 0.6 is 0 Å². The van der Waals surface area contributed by atoms with Crippen LogP contribution in [0.2, 0.25) is 0 Å². The van der Waals surface area contributed by atoms with E-state index in [0.29, 0.717) is 18.1 Å². The van der Waals surface area contributed by atoms with Gasteiger partial charge in [-0.05, 0) is 37.7 Å². The number of aromatic nitrogens is 1. The predicted molar refractivity (Wildman–Crippen MR) is 82.9 cm³/mol. The maximum absolute atomic E-state index is 6.32. The van der Waals surface area contributed by atoms with Crippen LogP contribution in [-0.2, 0) is 6.54 Å². The van der Waals surface area contributed by atoms with Gasteiger partial charge in [-0.3, -0.25) is 4.98 Å². The highest BCUT2D eigenvalue weighted by molar-refractivity contribution is 5.30. The summed E-state index contributed by atoms with van der Waals surface area (Å²) in [5.41, 5.74) is 1.22. The molecule has 0 aliphatic heterocycles. The van der Waals surface area contributed by atoms with Gasteiger partial charge in [0.1, 0.15) is 11.9 Å². The summed E-state index contributed by atoms with van der Waals surface area (Å²) in [6.07, 6.45) is 10.4. The molecule has 2 unspecified atom stereocenters. The fourth-order valence-electron chi connectivity index (χ4n) is 2.93. The van der Waals surface area contributed by atoms with Crippen molar-refractivity contribution in [2.75, 3.05) is 0 Å². The number of nitrogens with one attached hydrogen (secondary N) is 1. The minimum Gasteiger partial charge on any atom is -0.488 e. The zero-order chi connectivity index (χ0) is 14.4. The van der Waals surface area contributed by atoms with Crippen LogP contribution < -0.4 is 10.1 Å². The molecule has 1 aliphatic carbocycles. The van der Waals surface area contributed by atoms with Gasteiger partial charge in [0.2, 0.25) is 0 Å². The fourth-order valence-corrected chi connectivity index (χ4v) is 2.93. The normalized spacial score (nSPS) is 23.0. The number of rotatable bonds is 6. The van der Waals surface area contributed by atoms with E-state index in [2.05, 4.69) is 37.1 Å². The van der Waals surface area contributed by atoms with E-state index in [1.165, 1.54) is 37.7 Å². The summed E-state index contributed by atoms with van der Waals surface area (Å²) in [4.78, 5) is 4.24. The lowest BCUT2D eigenvalue weighted by atomic mass is 9.85.